The zero-order valence-corrected chi connectivity index (χ0v) is 33.0. The quantitative estimate of drug-likeness (QED) is 0.134. The molecule has 0 saturated heterocycles. The minimum absolute atomic E-state index is 0.200. The van der Waals surface area contributed by atoms with Crippen LogP contribution in [0, 0.1) is 0 Å². The van der Waals surface area contributed by atoms with E-state index in [1.54, 1.807) is 0 Å². The summed E-state index contributed by atoms with van der Waals surface area (Å²) in [6.45, 7) is 10.8. The molecule has 0 N–H and O–H groups in total. The van der Waals surface area contributed by atoms with Crippen LogP contribution in [0.15, 0.2) is 218 Å². The van der Waals surface area contributed by atoms with Crippen molar-refractivity contribution in [3.8, 4) is 11.1 Å². The summed E-state index contributed by atoms with van der Waals surface area (Å²) in [5.41, 5.74) is 19.5. The first kappa shape index (κ1) is 36.0. The van der Waals surface area contributed by atoms with Gasteiger partial charge in [-0.25, -0.2) is 0 Å². The Hall–Kier alpha value is -6.70. The predicted molar refractivity (Wildman–Crippen MR) is 243 cm³/mol. The smallest absolute Gasteiger partial charge is 0.0725 e. The number of para-hydroxylation sites is 1. The van der Waals surface area contributed by atoms with E-state index in [2.05, 4.69) is 233 Å². The molecule has 2 atom stereocenters. The first-order valence-corrected chi connectivity index (χ1v) is 20.2. The maximum absolute atomic E-state index is 4.46. The zero-order valence-electron chi connectivity index (χ0n) is 33.0. The van der Waals surface area contributed by atoms with Gasteiger partial charge in [0.05, 0.1) is 11.1 Å². The van der Waals surface area contributed by atoms with Crippen LogP contribution in [-0.2, 0) is 5.41 Å². The van der Waals surface area contributed by atoms with Crippen LogP contribution in [0.2, 0.25) is 0 Å². The van der Waals surface area contributed by atoms with Gasteiger partial charge >= 0.3 is 0 Å². The monoisotopic (exact) mass is 733 g/mol. The molecule has 0 aliphatic heterocycles. The van der Waals surface area contributed by atoms with Gasteiger partial charge in [0.2, 0.25) is 0 Å². The van der Waals surface area contributed by atoms with Crippen molar-refractivity contribution in [2.75, 3.05) is 4.90 Å². The maximum Gasteiger partial charge on any atom is 0.0725 e. The van der Waals surface area contributed by atoms with Crippen molar-refractivity contribution < 1.29 is 0 Å². The van der Waals surface area contributed by atoms with Crippen molar-refractivity contribution >= 4 is 28.1 Å². The highest BCUT2D eigenvalue weighted by molar-refractivity contribution is 5.99. The van der Waals surface area contributed by atoms with Gasteiger partial charge in [-0.1, -0.05) is 183 Å². The topological polar surface area (TPSA) is 3.24 Å². The number of hydrogen-bond acceptors (Lipinski definition) is 1. The van der Waals surface area contributed by atoms with Crippen LogP contribution in [0.1, 0.15) is 72.1 Å². The minimum Gasteiger partial charge on any atom is -0.314 e. The average Bonchev–Trinajstić information content (AvgIpc) is 3.72. The van der Waals surface area contributed by atoms with E-state index in [0.29, 0.717) is 0 Å². The fourth-order valence-corrected chi connectivity index (χ4v) is 9.70. The van der Waals surface area contributed by atoms with Crippen molar-refractivity contribution in [3.63, 3.8) is 0 Å². The molecule has 0 aromatic heterocycles. The number of allylic oxidation sites excluding steroid dienone is 13. The molecule has 276 valence electrons. The second-order valence-corrected chi connectivity index (χ2v) is 15.0. The molecule has 3 aliphatic carbocycles. The summed E-state index contributed by atoms with van der Waals surface area (Å²) in [4.78, 5) is 2.54. The third kappa shape index (κ3) is 5.85. The lowest BCUT2D eigenvalue weighted by atomic mass is 9.69. The number of hydrogen-bond donors (Lipinski definition) is 0. The summed E-state index contributed by atoms with van der Waals surface area (Å²) in [5.74, 6) is 0.200. The summed E-state index contributed by atoms with van der Waals surface area (Å²) >= 11 is 0. The molecule has 0 amide bonds. The van der Waals surface area contributed by atoms with Crippen molar-refractivity contribution in [2.24, 2.45) is 0 Å². The number of rotatable bonds is 9. The summed E-state index contributed by atoms with van der Waals surface area (Å²) in [5, 5.41) is 0. The molecule has 2 unspecified atom stereocenters. The molecule has 1 nitrogen and oxygen atoms in total. The molecule has 0 bridgehead atoms. The van der Waals surface area contributed by atoms with Crippen LogP contribution >= 0.6 is 0 Å². The van der Waals surface area contributed by atoms with Crippen LogP contribution in [-0.4, -0.2) is 0 Å². The zero-order chi connectivity index (χ0) is 38.9. The standard InChI is InChI=1S/C56H47N/c1-5-21-39(7-3)46-27-17-20-32-55(46)57(45-36-42(40-23-11-9-12-24-40)35-43(37-45)41-25-13-10-14-26-41)44-33-34-54-50(38-44)49-29-16-19-31-53(49)56(54)51(8-4)47(22-6-2)48-28-15-18-30-52(48)56/h5-36,38,43H,4,37H2,1-3H3/b21-5-,22-6-,39-7+. The van der Waals surface area contributed by atoms with Crippen LogP contribution in [0.4, 0.5) is 11.4 Å². The Morgan fingerprint density at radius 3 is 2.04 bits per heavy atom. The van der Waals surface area contributed by atoms with Gasteiger partial charge in [-0.15, -0.1) is 0 Å². The van der Waals surface area contributed by atoms with Gasteiger partial charge in [-0.05, 0) is 118 Å². The molecule has 0 fully saturated rings. The van der Waals surface area contributed by atoms with E-state index in [1.165, 1.54) is 78.1 Å². The fourth-order valence-electron chi connectivity index (χ4n) is 9.70. The number of benzene rings is 6. The molecular weight excluding hydrogens is 687 g/mol. The lowest BCUT2D eigenvalue weighted by Crippen LogP contribution is -2.27. The average molecular weight is 734 g/mol. The van der Waals surface area contributed by atoms with E-state index < -0.39 is 5.41 Å². The fraction of sp³-hybridized carbons (Fsp3) is 0.107. The van der Waals surface area contributed by atoms with Crippen LogP contribution in [0.3, 0.4) is 0 Å². The summed E-state index contributed by atoms with van der Waals surface area (Å²) in [6, 6.07) is 55.9. The lowest BCUT2D eigenvalue weighted by molar-refractivity contribution is 0.785. The van der Waals surface area contributed by atoms with Gasteiger partial charge in [-0.2, -0.15) is 0 Å². The predicted octanol–water partition coefficient (Wildman–Crippen LogP) is 14.8. The molecule has 1 heteroatoms. The van der Waals surface area contributed by atoms with E-state index in [1.807, 2.05) is 0 Å². The van der Waals surface area contributed by atoms with Gasteiger partial charge < -0.3 is 4.90 Å². The van der Waals surface area contributed by atoms with Crippen LogP contribution in [0.5, 0.6) is 0 Å². The van der Waals surface area contributed by atoms with Gasteiger partial charge in [0.25, 0.3) is 0 Å². The first-order valence-electron chi connectivity index (χ1n) is 20.2. The Morgan fingerprint density at radius 2 is 1.32 bits per heavy atom. The second-order valence-electron chi connectivity index (χ2n) is 15.0. The first-order chi connectivity index (χ1) is 28.1. The summed E-state index contributed by atoms with van der Waals surface area (Å²) in [6.07, 6.45) is 18.8. The van der Waals surface area contributed by atoms with Gasteiger partial charge in [0.1, 0.15) is 0 Å². The Morgan fingerprint density at radius 1 is 0.667 bits per heavy atom. The highest BCUT2D eigenvalue weighted by Crippen LogP contribution is 2.63. The van der Waals surface area contributed by atoms with E-state index in [-0.39, 0.29) is 5.92 Å². The third-order valence-corrected chi connectivity index (χ3v) is 12.0. The molecule has 3 aliphatic rings. The molecule has 0 radical (unpaired) electrons. The minimum atomic E-state index is -0.462. The second kappa shape index (κ2) is 15.1. The van der Waals surface area contributed by atoms with Gasteiger partial charge in [-0.3, -0.25) is 0 Å². The van der Waals surface area contributed by atoms with E-state index in [9.17, 15) is 0 Å². The largest absolute Gasteiger partial charge is 0.314 e. The number of anilines is 2. The third-order valence-electron chi connectivity index (χ3n) is 12.0. The Labute approximate surface area is 338 Å². The molecular formula is C56H47N. The normalized spacial score (nSPS) is 18.4. The van der Waals surface area contributed by atoms with Crippen molar-refractivity contribution in [1.29, 1.82) is 0 Å². The molecule has 0 heterocycles. The summed E-state index contributed by atoms with van der Waals surface area (Å²) < 4.78 is 0. The molecule has 9 rings (SSSR count). The van der Waals surface area contributed by atoms with Crippen LogP contribution in [0.25, 0.3) is 27.8 Å². The Bertz CT molecular complexity index is 2700. The van der Waals surface area contributed by atoms with E-state index in [4.69, 9.17) is 0 Å². The number of nitrogens with zero attached hydrogens (tertiary/aromatic N) is 1. The molecule has 1 spiro atoms. The molecule has 6 aromatic carbocycles. The Kier molecular flexibility index (Phi) is 9.52. The van der Waals surface area contributed by atoms with Crippen molar-refractivity contribution in [2.45, 2.75) is 38.5 Å². The molecule has 0 saturated carbocycles. The SMILES string of the molecule is C=CC1=C(/C=C\C)c2ccccc2C12c1ccccc1-c1cc(N(C3=CC(c4ccccc4)=CC(c4ccccc4)C3)c3ccccc3C(/C=C\C)=C/C)ccc12. The van der Waals surface area contributed by atoms with Gasteiger partial charge in [0.15, 0.2) is 0 Å². The molecule has 57 heavy (non-hydrogen) atoms. The Balaban J connectivity index is 1.31. The maximum atomic E-state index is 4.46. The lowest BCUT2D eigenvalue weighted by Gasteiger charge is -2.35. The van der Waals surface area contributed by atoms with E-state index >= 15 is 0 Å². The highest BCUT2D eigenvalue weighted by Gasteiger charge is 2.51. The van der Waals surface area contributed by atoms with E-state index in [0.717, 1.165) is 17.8 Å². The summed E-state index contributed by atoms with van der Waals surface area (Å²) in [7, 11) is 0. The van der Waals surface area contributed by atoms with Crippen molar-refractivity contribution in [3.05, 3.63) is 257 Å². The molecule has 6 aromatic rings. The van der Waals surface area contributed by atoms with Crippen LogP contribution < -0.4 is 4.90 Å². The number of fused-ring (bicyclic) bond motifs is 7. The van der Waals surface area contributed by atoms with Crippen molar-refractivity contribution in [1.82, 2.24) is 0 Å². The highest BCUT2D eigenvalue weighted by atomic mass is 15.2. The van der Waals surface area contributed by atoms with Gasteiger partial charge in [0, 0.05) is 22.9 Å².